The van der Waals surface area contributed by atoms with Gasteiger partial charge in [0.2, 0.25) is 5.91 Å². The molecule has 1 amide bonds. The molecule has 0 fully saturated rings. The molecule has 0 aliphatic carbocycles. The number of nitrogens with one attached hydrogen (secondary N) is 1. The van der Waals surface area contributed by atoms with Gasteiger partial charge < -0.3 is 9.88 Å². The summed E-state index contributed by atoms with van der Waals surface area (Å²) in [5, 5.41) is 4.77. The van der Waals surface area contributed by atoms with Crippen LogP contribution in [-0.4, -0.2) is 10.5 Å². The summed E-state index contributed by atoms with van der Waals surface area (Å²) >= 11 is 12.2. The Kier molecular flexibility index (Phi) is 4.33. The molecule has 3 rings (SSSR count). The number of amides is 1. The number of halogens is 2. The standard InChI is InChI=1S/C18H16Cl2N2O/c1-11-13(12-6-3-4-9-16(12)22(11)2)10-17(23)21-18-14(19)7-5-8-15(18)20/h3-9H,10H2,1-2H3,(H,21,23). The lowest BCUT2D eigenvalue weighted by atomic mass is 10.1. The van der Waals surface area contributed by atoms with Crippen molar-refractivity contribution in [2.24, 2.45) is 7.05 Å². The van der Waals surface area contributed by atoms with Crippen LogP contribution in [0.1, 0.15) is 11.3 Å². The predicted molar refractivity (Wildman–Crippen MR) is 96.5 cm³/mol. The number of carbonyl (C=O) groups is 1. The zero-order valence-electron chi connectivity index (χ0n) is 12.9. The summed E-state index contributed by atoms with van der Waals surface area (Å²) in [6.07, 6.45) is 0.273. The number of benzene rings is 2. The Morgan fingerprint density at radius 3 is 2.43 bits per heavy atom. The van der Waals surface area contributed by atoms with E-state index in [4.69, 9.17) is 23.2 Å². The number of hydrogen-bond donors (Lipinski definition) is 1. The third-order valence-corrected chi connectivity index (χ3v) is 4.72. The minimum atomic E-state index is -0.139. The van der Waals surface area contributed by atoms with Gasteiger partial charge in [0.1, 0.15) is 0 Å². The maximum absolute atomic E-state index is 12.5. The van der Waals surface area contributed by atoms with E-state index in [-0.39, 0.29) is 12.3 Å². The first kappa shape index (κ1) is 15.9. The molecule has 23 heavy (non-hydrogen) atoms. The van der Waals surface area contributed by atoms with Crippen molar-refractivity contribution >= 4 is 45.7 Å². The average molecular weight is 347 g/mol. The van der Waals surface area contributed by atoms with E-state index in [0.717, 1.165) is 22.2 Å². The van der Waals surface area contributed by atoms with E-state index in [0.29, 0.717) is 15.7 Å². The maximum atomic E-state index is 12.5. The van der Waals surface area contributed by atoms with Crippen LogP contribution >= 0.6 is 23.2 Å². The van der Waals surface area contributed by atoms with Gasteiger partial charge >= 0.3 is 0 Å². The van der Waals surface area contributed by atoms with Crippen molar-refractivity contribution in [3.8, 4) is 0 Å². The van der Waals surface area contributed by atoms with Crippen LogP contribution in [0.25, 0.3) is 10.9 Å². The average Bonchev–Trinajstić information content (AvgIpc) is 2.77. The molecule has 118 valence electrons. The molecule has 1 heterocycles. The summed E-state index contributed by atoms with van der Waals surface area (Å²) in [7, 11) is 2.00. The predicted octanol–water partition coefficient (Wildman–Crippen LogP) is 4.97. The van der Waals surface area contributed by atoms with Gasteiger partial charge in [0.05, 0.1) is 22.2 Å². The summed E-state index contributed by atoms with van der Waals surface area (Å²) in [6, 6.07) is 13.2. The van der Waals surface area contributed by atoms with Gasteiger partial charge in [-0.25, -0.2) is 0 Å². The van der Waals surface area contributed by atoms with Crippen LogP contribution < -0.4 is 5.32 Å². The van der Waals surface area contributed by atoms with Gasteiger partial charge in [-0.2, -0.15) is 0 Å². The Hall–Kier alpha value is -1.97. The molecule has 0 radical (unpaired) electrons. The molecular formula is C18H16Cl2N2O. The number of aryl methyl sites for hydroxylation is 1. The fourth-order valence-electron chi connectivity index (χ4n) is 2.78. The van der Waals surface area contributed by atoms with E-state index in [1.54, 1.807) is 18.2 Å². The first-order chi connectivity index (χ1) is 11.0. The summed E-state index contributed by atoms with van der Waals surface area (Å²) < 4.78 is 2.10. The Morgan fingerprint density at radius 1 is 1.09 bits per heavy atom. The van der Waals surface area contributed by atoms with Gasteiger partial charge in [-0.1, -0.05) is 47.5 Å². The summed E-state index contributed by atoms with van der Waals surface area (Å²) in [5.41, 5.74) is 3.66. The van der Waals surface area contributed by atoms with E-state index < -0.39 is 0 Å². The van der Waals surface area contributed by atoms with Crippen molar-refractivity contribution in [1.29, 1.82) is 0 Å². The Balaban J connectivity index is 1.91. The highest BCUT2D eigenvalue weighted by atomic mass is 35.5. The van der Waals surface area contributed by atoms with Crippen molar-refractivity contribution in [2.75, 3.05) is 5.32 Å². The second-order valence-electron chi connectivity index (χ2n) is 5.46. The van der Waals surface area contributed by atoms with Crippen molar-refractivity contribution in [1.82, 2.24) is 4.57 Å². The molecule has 0 aliphatic rings. The van der Waals surface area contributed by atoms with Crippen LogP contribution in [0.15, 0.2) is 42.5 Å². The van der Waals surface area contributed by atoms with Gasteiger partial charge in [0.15, 0.2) is 0 Å². The number of hydrogen-bond acceptors (Lipinski definition) is 1. The fourth-order valence-corrected chi connectivity index (χ4v) is 3.28. The highest BCUT2D eigenvalue weighted by molar-refractivity contribution is 6.39. The van der Waals surface area contributed by atoms with Gasteiger partial charge in [-0.3, -0.25) is 4.79 Å². The highest BCUT2D eigenvalue weighted by Crippen LogP contribution is 2.30. The topological polar surface area (TPSA) is 34.0 Å². The summed E-state index contributed by atoms with van der Waals surface area (Å²) in [5.74, 6) is -0.139. The number of fused-ring (bicyclic) bond motifs is 1. The van der Waals surface area contributed by atoms with E-state index >= 15 is 0 Å². The minimum absolute atomic E-state index is 0.139. The molecule has 3 nitrogen and oxygen atoms in total. The zero-order valence-corrected chi connectivity index (χ0v) is 14.4. The van der Waals surface area contributed by atoms with Crippen molar-refractivity contribution < 1.29 is 4.79 Å². The maximum Gasteiger partial charge on any atom is 0.228 e. The number of carbonyl (C=O) groups excluding carboxylic acids is 1. The lowest BCUT2D eigenvalue weighted by molar-refractivity contribution is -0.115. The molecule has 1 aromatic heterocycles. The summed E-state index contributed by atoms with van der Waals surface area (Å²) in [4.78, 5) is 12.5. The van der Waals surface area contributed by atoms with Gasteiger partial charge in [-0.15, -0.1) is 0 Å². The van der Waals surface area contributed by atoms with E-state index in [2.05, 4.69) is 16.0 Å². The van der Waals surface area contributed by atoms with Crippen LogP contribution in [0.3, 0.4) is 0 Å². The van der Waals surface area contributed by atoms with Crippen molar-refractivity contribution in [3.63, 3.8) is 0 Å². The largest absolute Gasteiger partial charge is 0.348 e. The van der Waals surface area contributed by atoms with Crippen LogP contribution in [0.5, 0.6) is 0 Å². The zero-order chi connectivity index (χ0) is 16.6. The van der Waals surface area contributed by atoms with E-state index in [1.165, 1.54) is 0 Å². The number of anilines is 1. The molecule has 3 aromatic rings. The molecule has 1 N–H and O–H groups in total. The third kappa shape index (κ3) is 2.94. The Morgan fingerprint density at radius 2 is 1.74 bits per heavy atom. The van der Waals surface area contributed by atoms with E-state index in [1.807, 2.05) is 32.2 Å². The smallest absolute Gasteiger partial charge is 0.228 e. The lowest BCUT2D eigenvalue weighted by Gasteiger charge is -2.09. The first-order valence-electron chi connectivity index (χ1n) is 7.25. The van der Waals surface area contributed by atoms with Gasteiger partial charge in [-0.05, 0) is 30.7 Å². The van der Waals surface area contributed by atoms with Gasteiger partial charge in [0, 0.05) is 23.6 Å². The molecular weight excluding hydrogens is 331 g/mol. The van der Waals surface area contributed by atoms with E-state index in [9.17, 15) is 4.79 Å². The molecule has 0 spiro atoms. The lowest BCUT2D eigenvalue weighted by Crippen LogP contribution is -2.15. The molecule has 0 saturated carbocycles. The van der Waals surface area contributed by atoms with Gasteiger partial charge in [0.25, 0.3) is 0 Å². The second kappa shape index (κ2) is 6.26. The monoisotopic (exact) mass is 346 g/mol. The number of nitrogens with zero attached hydrogens (tertiary/aromatic N) is 1. The normalized spacial score (nSPS) is 11.0. The second-order valence-corrected chi connectivity index (χ2v) is 6.28. The Bertz CT molecular complexity index is 879. The molecule has 0 unspecified atom stereocenters. The first-order valence-corrected chi connectivity index (χ1v) is 8.01. The molecule has 0 bridgehead atoms. The van der Waals surface area contributed by atoms with Crippen molar-refractivity contribution in [2.45, 2.75) is 13.3 Å². The molecule has 0 aliphatic heterocycles. The summed E-state index contributed by atoms with van der Waals surface area (Å²) in [6.45, 7) is 2.02. The molecule has 5 heteroatoms. The third-order valence-electron chi connectivity index (χ3n) is 4.09. The Labute approximate surface area is 144 Å². The van der Waals surface area contributed by atoms with Crippen LogP contribution in [0.2, 0.25) is 10.0 Å². The van der Waals surface area contributed by atoms with Crippen LogP contribution in [0.4, 0.5) is 5.69 Å². The minimum Gasteiger partial charge on any atom is -0.348 e. The molecule has 0 saturated heterocycles. The molecule has 0 atom stereocenters. The number of aromatic nitrogens is 1. The highest BCUT2D eigenvalue weighted by Gasteiger charge is 2.16. The van der Waals surface area contributed by atoms with Crippen molar-refractivity contribution in [3.05, 3.63) is 63.8 Å². The number of rotatable bonds is 3. The SMILES string of the molecule is Cc1c(CC(=O)Nc2c(Cl)cccc2Cl)c2ccccc2n1C. The quantitative estimate of drug-likeness (QED) is 0.713. The fraction of sp³-hybridized carbons (Fsp3) is 0.167. The van der Waals surface area contributed by atoms with Crippen LogP contribution in [0, 0.1) is 6.92 Å². The number of para-hydroxylation sites is 2. The molecule has 2 aromatic carbocycles. The van der Waals surface area contributed by atoms with Crippen LogP contribution in [-0.2, 0) is 18.3 Å².